The van der Waals surface area contributed by atoms with Gasteiger partial charge in [0.25, 0.3) is 0 Å². The predicted octanol–water partition coefficient (Wildman–Crippen LogP) is 2.59. The van der Waals surface area contributed by atoms with E-state index < -0.39 is 6.10 Å². The van der Waals surface area contributed by atoms with E-state index in [1.165, 1.54) is 19.3 Å². The van der Waals surface area contributed by atoms with Gasteiger partial charge in [0.15, 0.2) is 0 Å². The molecule has 0 aromatic rings. The molecule has 0 aromatic heterocycles. The van der Waals surface area contributed by atoms with Crippen LogP contribution in [0.3, 0.4) is 0 Å². The molecule has 1 rings (SSSR count). The highest BCUT2D eigenvalue weighted by atomic mass is 16.5. The van der Waals surface area contributed by atoms with Crippen molar-refractivity contribution in [2.24, 2.45) is 11.8 Å². The fraction of sp³-hybridized carbons (Fsp3) is 1.00. The Balaban J connectivity index is 1.97. The van der Waals surface area contributed by atoms with Gasteiger partial charge in [0, 0.05) is 19.2 Å². The maximum atomic E-state index is 9.93. The van der Waals surface area contributed by atoms with Crippen molar-refractivity contribution in [2.45, 2.75) is 65.0 Å². The molecule has 4 atom stereocenters. The normalized spacial score (nSPS) is 27.7. The van der Waals surface area contributed by atoms with E-state index in [2.05, 4.69) is 26.1 Å². The third-order valence-electron chi connectivity index (χ3n) is 4.37. The Morgan fingerprint density at radius 1 is 1.14 bits per heavy atom. The number of hydrogen-bond donors (Lipinski definition) is 2. The lowest BCUT2D eigenvalue weighted by Crippen LogP contribution is -2.43. The fourth-order valence-electron chi connectivity index (χ4n) is 3.00. The van der Waals surface area contributed by atoms with Gasteiger partial charge in [-0.2, -0.15) is 0 Å². The molecule has 1 aliphatic carbocycles. The van der Waals surface area contributed by atoms with Crippen LogP contribution >= 0.6 is 0 Å². The number of unbranched alkanes of at least 4 members (excludes halogenated alkanes) is 1. The molecular formula is C17H35NO3. The zero-order chi connectivity index (χ0) is 15.5. The predicted molar refractivity (Wildman–Crippen MR) is 86.5 cm³/mol. The zero-order valence-corrected chi connectivity index (χ0v) is 14.1. The van der Waals surface area contributed by atoms with Gasteiger partial charge in [-0.1, -0.05) is 27.2 Å². The number of ether oxygens (including phenoxy) is 2. The lowest BCUT2D eigenvalue weighted by atomic mass is 9.80. The largest absolute Gasteiger partial charge is 0.389 e. The number of aliphatic hydroxyl groups excluding tert-OH is 1. The maximum Gasteiger partial charge on any atom is 0.0897 e. The summed E-state index contributed by atoms with van der Waals surface area (Å²) < 4.78 is 10.9. The van der Waals surface area contributed by atoms with Crippen molar-refractivity contribution < 1.29 is 14.6 Å². The molecule has 2 N–H and O–H groups in total. The Hall–Kier alpha value is -0.160. The van der Waals surface area contributed by atoms with E-state index in [-0.39, 0.29) is 0 Å². The minimum Gasteiger partial charge on any atom is -0.389 e. The Morgan fingerprint density at radius 3 is 2.62 bits per heavy atom. The second kappa shape index (κ2) is 11.4. The molecule has 0 radical (unpaired) electrons. The second-order valence-electron chi connectivity index (χ2n) is 6.60. The van der Waals surface area contributed by atoms with E-state index in [1.807, 2.05) is 0 Å². The summed E-state index contributed by atoms with van der Waals surface area (Å²) in [5, 5.41) is 13.4. The third-order valence-corrected chi connectivity index (χ3v) is 4.37. The molecule has 0 heterocycles. The molecule has 4 unspecified atom stereocenters. The maximum absolute atomic E-state index is 9.93. The summed E-state index contributed by atoms with van der Waals surface area (Å²) in [7, 11) is 0. The first-order valence-corrected chi connectivity index (χ1v) is 8.70. The molecule has 1 fully saturated rings. The summed E-state index contributed by atoms with van der Waals surface area (Å²) in [4.78, 5) is 0. The van der Waals surface area contributed by atoms with Crippen LogP contribution in [-0.4, -0.2) is 50.2 Å². The highest BCUT2D eigenvalue weighted by Crippen LogP contribution is 2.28. The van der Waals surface area contributed by atoms with Gasteiger partial charge in [-0.15, -0.1) is 0 Å². The molecule has 0 bridgehead atoms. The quantitative estimate of drug-likeness (QED) is 0.576. The zero-order valence-electron chi connectivity index (χ0n) is 14.1. The van der Waals surface area contributed by atoms with Gasteiger partial charge < -0.3 is 19.9 Å². The fourth-order valence-corrected chi connectivity index (χ4v) is 3.00. The molecule has 4 nitrogen and oxygen atoms in total. The Kier molecular flexibility index (Phi) is 10.3. The summed E-state index contributed by atoms with van der Waals surface area (Å²) >= 11 is 0. The highest BCUT2D eigenvalue weighted by Gasteiger charge is 2.25. The van der Waals surface area contributed by atoms with Crippen LogP contribution in [-0.2, 0) is 9.47 Å². The van der Waals surface area contributed by atoms with Crippen molar-refractivity contribution in [1.29, 1.82) is 0 Å². The summed E-state index contributed by atoms with van der Waals surface area (Å²) in [6.07, 6.45) is 5.64. The minimum absolute atomic E-state index is 0.391. The average molecular weight is 301 g/mol. The Bertz CT molecular complexity index is 250. The van der Waals surface area contributed by atoms with Crippen LogP contribution in [0.25, 0.3) is 0 Å². The Labute approximate surface area is 130 Å². The van der Waals surface area contributed by atoms with Crippen molar-refractivity contribution in [1.82, 2.24) is 5.32 Å². The molecule has 0 aliphatic heterocycles. The molecule has 0 saturated heterocycles. The van der Waals surface area contributed by atoms with E-state index in [1.54, 1.807) is 0 Å². The van der Waals surface area contributed by atoms with Gasteiger partial charge in [0.2, 0.25) is 0 Å². The van der Waals surface area contributed by atoms with Gasteiger partial charge in [0.05, 0.1) is 25.9 Å². The van der Waals surface area contributed by atoms with E-state index in [0.29, 0.717) is 38.3 Å². The van der Waals surface area contributed by atoms with Crippen LogP contribution < -0.4 is 5.32 Å². The van der Waals surface area contributed by atoms with E-state index in [4.69, 9.17) is 9.47 Å². The number of nitrogens with one attached hydrogen (secondary N) is 1. The van der Waals surface area contributed by atoms with E-state index in [0.717, 1.165) is 25.4 Å². The first-order valence-electron chi connectivity index (χ1n) is 8.70. The van der Waals surface area contributed by atoms with Gasteiger partial charge in [0.1, 0.15) is 0 Å². The van der Waals surface area contributed by atoms with E-state index in [9.17, 15) is 5.11 Å². The van der Waals surface area contributed by atoms with Gasteiger partial charge in [-0.05, 0) is 37.5 Å². The summed E-state index contributed by atoms with van der Waals surface area (Å²) in [6.45, 7) is 9.80. The van der Waals surface area contributed by atoms with Crippen LogP contribution in [0.5, 0.6) is 0 Å². The molecule has 21 heavy (non-hydrogen) atoms. The number of aliphatic hydroxyl groups is 1. The van der Waals surface area contributed by atoms with Crippen LogP contribution in [0.2, 0.25) is 0 Å². The van der Waals surface area contributed by atoms with Crippen molar-refractivity contribution in [3.63, 3.8) is 0 Å². The Morgan fingerprint density at radius 2 is 1.90 bits per heavy atom. The number of rotatable bonds is 11. The topological polar surface area (TPSA) is 50.7 Å². The summed E-state index contributed by atoms with van der Waals surface area (Å²) in [5.41, 5.74) is 0. The lowest BCUT2D eigenvalue weighted by Gasteiger charge is -2.33. The molecule has 4 heteroatoms. The molecular weight excluding hydrogens is 266 g/mol. The second-order valence-corrected chi connectivity index (χ2v) is 6.60. The summed E-state index contributed by atoms with van der Waals surface area (Å²) in [5.74, 6) is 1.55. The third kappa shape index (κ3) is 8.77. The first kappa shape index (κ1) is 18.9. The monoisotopic (exact) mass is 301 g/mol. The van der Waals surface area contributed by atoms with Crippen molar-refractivity contribution in [2.75, 3.05) is 33.0 Å². The molecule has 1 saturated carbocycles. The minimum atomic E-state index is -0.424. The van der Waals surface area contributed by atoms with Crippen molar-refractivity contribution in [3.8, 4) is 0 Å². The van der Waals surface area contributed by atoms with Crippen LogP contribution in [0.15, 0.2) is 0 Å². The van der Waals surface area contributed by atoms with Gasteiger partial charge in [-0.3, -0.25) is 0 Å². The molecule has 0 spiro atoms. The molecule has 126 valence electrons. The number of hydrogen-bond acceptors (Lipinski definition) is 4. The standard InChI is InChI=1S/C17H35NO3/c1-4-5-8-20-9-10-21-13-16(19)12-18-17-7-6-14(2)11-15(17)3/h14-19H,4-13H2,1-3H3. The molecule has 1 aliphatic rings. The van der Waals surface area contributed by atoms with E-state index >= 15 is 0 Å². The van der Waals surface area contributed by atoms with Crippen LogP contribution in [0.1, 0.15) is 52.9 Å². The molecule has 0 amide bonds. The van der Waals surface area contributed by atoms with Crippen LogP contribution in [0.4, 0.5) is 0 Å². The van der Waals surface area contributed by atoms with Crippen molar-refractivity contribution in [3.05, 3.63) is 0 Å². The SMILES string of the molecule is CCCCOCCOCC(O)CNC1CCC(C)CC1C. The van der Waals surface area contributed by atoms with Gasteiger partial charge in [-0.25, -0.2) is 0 Å². The van der Waals surface area contributed by atoms with Gasteiger partial charge >= 0.3 is 0 Å². The highest BCUT2D eigenvalue weighted by molar-refractivity contribution is 4.81. The van der Waals surface area contributed by atoms with Crippen molar-refractivity contribution >= 4 is 0 Å². The van der Waals surface area contributed by atoms with Crippen LogP contribution in [0, 0.1) is 11.8 Å². The molecule has 0 aromatic carbocycles. The smallest absolute Gasteiger partial charge is 0.0897 e. The average Bonchev–Trinajstić information content (AvgIpc) is 2.45. The summed E-state index contributed by atoms with van der Waals surface area (Å²) in [6, 6.07) is 0.549. The lowest BCUT2D eigenvalue weighted by molar-refractivity contribution is 0.00211. The first-order chi connectivity index (χ1) is 10.1.